The highest BCUT2D eigenvalue weighted by molar-refractivity contribution is 7.10. The van der Waals surface area contributed by atoms with Crippen LogP contribution >= 0.6 is 11.5 Å². The van der Waals surface area contributed by atoms with Gasteiger partial charge in [0, 0.05) is 20.6 Å². The minimum Gasteiger partial charge on any atom is -0.368 e. The molecule has 1 rings (SSSR count). The van der Waals surface area contributed by atoms with E-state index in [1.54, 1.807) is 0 Å². The Kier molecular flexibility index (Phi) is 2.24. The molecule has 1 heterocycles. The molecule has 2 N–H and O–H groups in total. The lowest BCUT2D eigenvalue weighted by molar-refractivity contribution is 1.03. The molecule has 0 unspecified atom stereocenters. The first kappa shape index (κ1) is 7.50. The Hall–Kier alpha value is -0.610. The van der Waals surface area contributed by atoms with Crippen molar-refractivity contribution >= 4 is 16.5 Å². The van der Waals surface area contributed by atoms with Crippen LogP contribution in [-0.2, 0) is 6.54 Å². The van der Waals surface area contributed by atoms with E-state index in [1.807, 2.05) is 25.1 Å². The van der Waals surface area contributed by atoms with Gasteiger partial charge >= 0.3 is 0 Å². The van der Waals surface area contributed by atoms with Crippen molar-refractivity contribution in [2.45, 2.75) is 6.54 Å². The van der Waals surface area contributed by atoms with E-state index in [1.165, 1.54) is 11.5 Å². The Morgan fingerprint density at radius 3 is 2.70 bits per heavy atom. The number of nitrogens with two attached hydrogens (primary N) is 1. The van der Waals surface area contributed by atoms with Crippen LogP contribution in [0.25, 0.3) is 0 Å². The maximum atomic E-state index is 5.39. The molecule has 0 aliphatic carbocycles. The Balaban J connectivity index is 2.78. The fourth-order valence-corrected chi connectivity index (χ4v) is 1.30. The van der Waals surface area contributed by atoms with E-state index in [4.69, 9.17) is 5.73 Å². The second-order valence-corrected chi connectivity index (χ2v) is 3.04. The van der Waals surface area contributed by atoms with Crippen LogP contribution in [0.5, 0.6) is 0 Å². The van der Waals surface area contributed by atoms with Gasteiger partial charge in [-0.2, -0.15) is 4.37 Å². The van der Waals surface area contributed by atoms with Gasteiger partial charge in [-0.15, -0.1) is 0 Å². The number of rotatable bonds is 2. The molecule has 3 nitrogen and oxygen atoms in total. The summed E-state index contributed by atoms with van der Waals surface area (Å²) in [5.41, 5.74) is 6.36. The van der Waals surface area contributed by atoms with Gasteiger partial charge in [-0.25, -0.2) is 0 Å². The van der Waals surface area contributed by atoms with E-state index in [2.05, 4.69) is 4.37 Å². The zero-order chi connectivity index (χ0) is 7.56. The van der Waals surface area contributed by atoms with E-state index in [-0.39, 0.29) is 0 Å². The smallest absolute Gasteiger partial charge is 0.111 e. The van der Waals surface area contributed by atoms with Gasteiger partial charge in [0.25, 0.3) is 0 Å². The van der Waals surface area contributed by atoms with Gasteiger partial charge in [0.05, 0.1) is 5.69 Å². The molecule has 0 saturated heterocycles. The number of hydrogen-bond donors (Lipinski definition) is 1. The molecule has 0 fully saturated rings. The topological polar surface area (TPSA) is 42.1 Å². The molecular weight excluding hydrogens is 146 g/mol. The average Bonchev–Trinajstić information content (AvgIpc) is 2.34. The molecular formula is C6H11N3S. The fourth-order valence-electron chi connectivity index (χ4n) is 0.608. The van der Waals surface area contributed by atoms with Crippen molar-refractivity contribution in [3.8, 4) is 0 Å². The summed E-state index contributed by atoms with van der Waals surface area (Å²) in [6.07, 6.45) is 0. The van der Waals surface area contributed by atoms with Crippen LogP contribution in [-0.4, -0.2) is 18.5 Å². The van der Waals surface area contributed by atoms with Gasteiger partial charge in [-0.05, 0) is 17.6 Å². The summed E-state index contributed by atoms with van der Waals surface area (Å²) in [4.78, 5) is 2.02. The van der Waals surface area contributed by atoms with Crippen LogP contribution in [0.4, 0.5) is 5.00 Å². The molecule has 0 aromatic carbocycles. The molecule has 0 aliphatic heterocycles. The third-order valence-corrected chi connectivity index (χ3v) is 2.19. The summed E-state index contributed by atoms with van der Waals surface area (Å²) in [6, 6.07) is 2.00. The van der Waals surface area contributed by atoms with Gasteiger partial charge in [0.1, 0.15) is 5.00 Å². The molecule has 4 heteroatoms. The highest BCUT2D eigenvalue weighted by Crippen LogP contribution is 2.18. The number of anilines is 1. The molecule has 10 heavy (non-hydrogen) atoms. The number of aromatic nitrogens is 1. The Morgan fingerprint density at radius 2 is 2.40 bits per heavy atom. The quantitative estimate of drug-likeness (QED) is 0.686. The van der Waals surface area contributed by atoms with Crippen molar-refractivity contribution in [3.05, 3.63) is 11.8 Å². The largest absolute Gasteiger partial charge is 0.368 e. The summed E-state index contributed by atoms with van der Waals surface area (Å²) < 4.78 is 4.13. The normalized spacial score (nSPS) is 9.90. The van der Waals surface area contributed by atoms with E-state index >= 15 is 0 Å². The van der Waals surface area contributed by atoms with Crippen LogP contribution in [0.1, 0.15) is 5.69 Å². The van der Waals surface area contributed by atoms with Crippen molar-refractivity contribution in [3.63, 3.8) is 0 Å². The maximum absolute atomic E-state index is 5.39. The van der Waals surface area contributed by atoms with Gasteiger partial charge in [0.15, 0.2) is 0 Å². The van der Waals surface area contributed by atoms with Crippen molar-refractivity contribution < 1.29 is 0 Å². The van der Waals surface area contributed by atoms with Crippen molar-refractivity contribution in [2.24, 2.45) is 5.73 Å². The Bertz CT molecular complexity index is 207. The molecule has 0 aliphatic rings. The van der Waals surface area contributed by atoms with Gasteiger partial charge in [-0.1, -0.05) is 0 Å². The zero-order valence-electron chi connectivity index (χ0n) is 6.16. The maximum Gasteiger partial charge on any atom is 0.111 e. The molecule has 0 atom stereocenters. The van der Waals surface area contributed by atoms with Crippen LogP contribution in [0, 0.1) is 0 Å². The molecule has 0 saturated carbocycles. The lowest BCUT2D eigenvalue weighted by atomic mass is 10.4. The highest BCUT2D eigenvalue weighted by Gasteiger charge is 1.99. The van der Waals surface area contributed by atoms with Crippen molar-refractivity contribution in [1.29, 1.82) is 0 Å². The second kappa shape index (κ2) is 2.98. The summed E-state index contributed by atoms with van der Waals surface area (Å²) >= 11 is 1.48. The van der Waals surface area contributed by atoms with Crippen LogP contribution in [0.2, 0.25) is 0 Å². The first-order chi connectivity index (χ1) is 4.74. The second-order valence-electron chi connectivity index (χ2n) is 2.26. The summed E-state index contributed by atoms with van der Waals surface area (Å²) in [5.74, 6) is 0. The standard InChI is InChI=1S/C6H11N3S/c1-9(2)6-3-5(4-7)8-10-6/h3H,4,7H2,1-2H3. The molecule has 0 amide bonds. The molecule has 1 aromatic rings. The molecule has 0 bridgehead atoms. The van der Waals surface area contributed by atoms with E-state index in [9.17, 15) is 0 Å². The van der Waals surface area contributed by atoms with Crippen LogP contribution in [0.15, 0.2) is 6.07 Å². The molecule has 0 spiro atoms. The monoisotopic (exact) mass is 157 g/mol. The predicted octanol–water partition coefficient (Wildman–Crippen LogP) is 0.668. The van der Waals surface area contributed by atoms with Gasteiger partial charge in [0.2, 0.25) is 0 Å². The van der Waals surface area contributed by atoms with Gasteiger partial charge in [-0.3, -0.25) is 0 Å². The fraction of sp³-hybridized carbons (Fsp3) is 0.500. The van der Waals surface area contributed by atoms with Crippen LogP contribution < -0.4 is 10.6 Å². The highest BCUT2D eigenvalue weighted by atomic mass is 32.1. The molecule has 1 aromatic heterocycles. The van der Waals surface area contributed by atoms with Crippen molar-refractivity contribution in [2.75, 3.05) is 19.0 Å². The minimum atomic E-state index is 0.532. The summed E-state index contributed by atoms with van der Waals surface area (Å²) in [7, 11) is 3.99. The van der Waals surface area contributed by atoms with Gasteiger partial charge < -0.3 is 10.6 Å². The SMILES string of the molecule is CN(C)c1cc(CN)ns1. The third-order valence-electron chi connectivity index (χ3n) is 1.20. The first-order valence-electron chi connectivity index (χ1n) is 3.07. The van der Waals surface area contributed by atoms with E-state index < -0.39 is 0 Å². The number of hydrogen-bond acceptors (Lipinski definition) is 4. The summed E-state index contributed by atoms with van der Waals surface area (Å²) in [6.45, 7) is 0.532. The lowest BCUT2D eigenvalue weighted by Crippen LogP contribution is -2.06. The predicted molar refractivity (Wildman–Crippen MR) is 44.3 cm³/mol. The van der Waals surface area contributed by atoms with Crippen molar-refractivity contribution in [1.82, 2.24) is 4.37 Å². The lowest BCUT2D eigenvalue weighted by Gasteiger charge is -2.05. The Morgan fingerprint density at radius 1 is 1.70 bits per heavy atom. The minimum absolute atomic E-state index is 0.532. The van der Waals surface area contributed by atoms with E-state index in [0.717, 1.165) is 10.7 Å². The average molecular weight is 157 g/mol. The van der Waals surface area contributed by atoms with Crippen LogP contribution in [0.3, 0.4) is 0 Å². The van der Waals surface area contributed by atoms with E-state index in [0.29, 0.717) is 6.54 Å². The Labute approximate surface area is 64.6 Å². The first-order valence-corrected chi connectivity index (χ1v) is 3.84. The third kappa shape index (κ3) is 1.46. The zero-order valence-corrected chi connectivity index (χ0v) is 6.98. The molecule has 0 radical (unpaired) electrons. The summed E-state index contributed by atoms with van der Waals surface area (Å²) in [5, 5.41) is 1.15. The number of nitrogens with zero attached hydrogens (tertiary/aromatic N) is 2. The molecule has 56 valence electrons.